The lowest BCUT2D eigenvalue weighted by Crippen LogP contribution is -2.15. The van der Waals surface area contributed by atoms with Crippen LogP contribution in [0.1, 0.15) is 11.4 Å². The maximum absolute atomic E-state index is 12.3. The first-order valence-electron chi connectivity index (χ1n) is 9.38. The molecule has 0 spiro atoms. The summed E-state index contributed by atoms with van der Waals surface area (Å²) in [5.74, 6) is 2.25. The SMILES string of the molecule is C=CCn1c(COc2ccc(OC)cc2)nnc1SCC(=O)Nc1ccc(C)cc1. The molecule has 0 fully saturated rings. The van der Waals surface area contributed by atoms with Gasteiger partial charge in [-0.15, -0.1) is 16.8 Å². The lowest BCUT2D eigenvalue weighted by atomic mass is 10.2. The molecule has 156 valence electrons. The molecule has 3 aromatic rings. The van der Waals surface area contributed by atoms with Crippen LogP contribution in [0.3, 0.4) is 0 Å². The standard InChI is InChI=1S/C22H24N4O3S/c1-4-13-26-20(14-29-19-11-9-18(28-3)10-12-19)24-25-22(26)30-15-21(27)23-17-7-5-16(2)6-8-17/h4-12H,1,13-15H2,2-3H3,(H,23,27). The molecule has 7 nitrogen and oxygen atoms in total. The molecular formula is C22H24N4O3S. The van der Waals surface area contributed by atoms with Crippen LogP contribution in [-0.4, -0.2) is 33.5 Å². The van der Waals surface area contributed by atoms with Gasteiger partial charge in [-0.3, -0.25) is 9.36 Å². The largest absolute Gasteiger partial charge is 0.497 e. The van der Waals surface area contributed by atoms with E-state index >= 15 is 0 Å². The number of carbonyl (C=O) groups is 1. The molecule has 0 unspecified atom stereocenters. The van der Waals surface area contributed by atoms with Crippen LogP contribution >= 0.6 is 11.8 Å². The number of aryl methyl sites for hydroxylation is 1. The Kier molecular flexibility index (Phi) is 7.51. The van der Waals surface area contributed by atoms with Crippen molar-refractivity contribution in [2.75, 3.05) is 18.2 Å². The average Bonchev–Trinajstić information content (AvgIpc) is 3.14. The number of anilines is 1. The molecule has 0 saturated carbocycles. The number of rotatable bonds is 10. The number of methoxy groups -OCH3 is 1. The second-order valence-electron chi connectivity index (χ2n) is 6.47. The van der Waals surface area contributed by atoms with Crippen LogP contribution in [0, 0.1) is 6.92 Å². The predicted octanol–water partition coefficient (Wildman–Crippen LogP) is 4.09. The number of thioether (sulfide) groups is 1. The summed E-state index contributed by atoms with van der Waals surface area (Å²) in [6, 6.07) is 15.0. The van der Waals surface area contributed by atoms with Crippen LogP contribution in [0.4, 0.5) is 5.69 Å². The minimum Gasteiger partial charge on any atom is -0.497 e. The monoisotopic (exact) mass is 424 g/mol. The first kappa shape index (κ1) is 21.4. The van der Waals surface area contributed by atoms with Crippen LogP contribution < -0.4 is 14.8 Å². The fraction of sp³-hybridized carbons (Fsp3) is 0.227. The third-order valence-electron chi connectivity index (χ3n) is 4.20. The van der Waals surface area contributed by atoms with E-state index in [2.05, 4.69) is 22.1 Å². The average molecular weight is 425 g/mol. The molecule has 0 saturated heterocycles. The zero-order chi connectivity index (χ0) is 21.3. The van der Waals surface area contributed by atoms with Gasteiger partial charge in [-0.1, -0.05) is 35.5 Å². The fourth-order valence-corrected chi connectivity index (χ4v) is 3.40. The second-order valence-corrected chi connectivity index (χ2v) is 7.41. The van der Waals surface area contributed by atoms with Crippen molar-refractivity contribution in [1.82, 2.24) is 14.8 Å². The van der Waals surface area contributed by atoms with E-state index in [-0.39, 0.29) is 18.3 Å². The summed E-state index contributed by atoms with van der Waals surface area (Å²) in [5, 5.41) is 12.0. The lowest BCUT2D eigenvalue weighted by Gasteiger charge is -2.10. The van der Waals surface area contributed by atoms with E-state index in [9.17, 15) is 4.79 Å². The number of benzene rings is 2. The number of allylic oxidation sites excluding steroid dienone is 1. The van der Waals surface area contributed by atoms with Gasteiger partial charge in [0.1, 0.15) is 18.1 Å². The van der Waals surface area contributed by atoms with E-state index < -0.39 is 0 Å². The van der Waals surface area contributed by atoms with E-state index in [1.165, 1.54) is 11.8 Å². The zero-order valence-corrected chi connectivity index (χ0v) is 17.8. The van der Waals surface area contributed by atoms with Gasteiger partial charge in [-0.2, -0.15) is 0 Å². The molecule has 8 heteroatoms. The van der Waals surface area contributed by atoms with Crippen LogP contribution in [0.15, 0.2) is 66.3 Å². The highest BCUT2D eigenvalue weighted by atomic mass is 32.2. The van der Waals surface area contributed by atoms with Crippen molar-refractivity contribution in [2.24, 2.45) is 0 Å². The van der Waals surface area contributed by atoms with Crippen molar-refractivity contribution in [2.45, 2.75) is 25.2 Å². The number of hydrogen-bond donors (Lipinski definition) is 1. The van der Waals surface area contributed by atoms with Gasteiger partial charge in [0.25, 0.3) is 0 Å². The van der Waals surface area contributed by atoms with Crippen LogP contribution in [-0.2, 0) is 17.9 Å². The molecule has 0 aliphatic heterocycles. The Hall–Kier alpha value is -3.26. The molecule has 1 N–H and O–H groups in total. The molecule has 1 heterocycles. The number of carbonyl (C=O) groups excluding carboxylic acids is 1. The van der Waals surface area contributed by atoms with Crippen molar-refractivity contribution < 1.29 is 14.3 Å². The van der Waals surface area contributed by atoms with Crippen LogP contribution in [0.2, 0.25) is 0 Å². The van der Waals surface area contributed by atoms with Crippen molar-refractivity contribution in [3.63, 3.8) is 0 Å². The summed E-state index contributed by atoms with van der Waals surface area (Å²) in [4.78, 5) is 12.3. The number of ether oxygens (including phenoxy) is 2. The number of amides is 1. The van der Waals surface area contributed by atoms with Crippen molar-refractivity contribution in [3.05, 3.63) is 72.6 Å². The van der Waals surface area contributed by atoms with Crippen molar-refractivity contribution >= 4 is 23.4 Å². The Labute approximate surface area is 180 Å². The number of nitrogens with zero attached hydrogens (tertiary/aromatic N) is 3. The highest BCUT2D eigenvalue weighted by molar-refractivity contribution is 7.99. The summed E-state index contributed by atoms with van der Waals surface area (Å²) < 4.78 is 12.8. The van der Waals surface area contributed by atoms with E-state index in [0.29, 0.717) is 23.3 Å². The van der Waals surface area contributed by atoms with Crippen LogP contribution in [0.5, 0.6) is 11.5 Å². The summed E-state index contributed by atoms with van der Waals surface area (Å²) in [6.45, 7) is 6.57. The Morgan fingerprint density at radius 1 is 1.13 bits per heavy atom. The molecule has 0 bridgehead atoms. The first-order chi connectivity index (χ1) is 14.6. The molecule has 2 aromatic carbocycles. The highest BCUT2D eigenvalue weighted by Gasteiger charge is 2.14. The summed E-state index contributed by atoms with van der Waals surface area (Å²) in [6.07, 6.45) is 1.76. The van der Waals surface area contributed by atoms with Crippen molar-refractivity contribution in [3.8, 4) is 11.5 Å². The Bertz CT molecular complexity index is 985. The van der Waals surface area contributed by atoms with Gasteiger partial charge in [0, 0.05) is 12.2 Å². The number of hydrogen-bond acceptors (Lipinski definition) is 6. The molecular weight excluding hydrogens is 400 g/mol. The first-order valence-corrected chi connectivity index (χ1v) is 10.4. The third-order valence-corrected chi connectivity index (χ3v) is 5.17. The third kappa shape index (κ3) is 5.87. The summed E-state index contributed by atoms with van der Waals surface area (Å²) >= 11 is 1.32. The molecule has 0 aliphatic carbocycles. The number of nitrogens with one attached hydrogen (secondary N) is 1. The Morgan fingerprint density at radius 3 is 2.50 bits per heavy atom. The van der Waals surface area contributed by atoms with Gasteiger partial charge in [0.2, 0.25) is 5.91 Å². The van der Waals surface area contributed by atoms with Gasteiger partial charge in [0.15, 0.2) is 11.0 Å². The lowest BCUT2D eigenvalue weighted by molar-refractivity contribution is -0.113. The topological polar surface area (TPSA) is 78.3 Å². The Morgan fingerprint density at radius 2 is 1.83 bits per heavy atom. The number of aromatic nitrogens is 3. The van der Waals surface area contributed by atoms with Gasteiger partial charge >= 0.3 is 0 Å². The molecule has 0 aliphatic rings. The minimum absolute atomic E-state index is 0.104. The molecule has 1 aromatic heterocycles. The quantitative estimate of drug-likeness (QED) is 0.390. The van der Waals surface area contributed by atoms with Gasteiger partial charge in [-0.25, -0.2) is 0 Å². The van der Waals surface area contributed by atoms with E-state index in [1.807, 2.05) is 60.0 Å². The smallest absolute Gasteiger partial charge is 0.234 e. The fourth-order valence-electron chi connectivity index (χ4n) is 2.63. The molecule has 0 radical (unpaired) electrons. The maximum atomic E-state index is 12.3. The normalized spacial score (nSPS) is 10.5. The summed E-state index contributed by atoms with van der Waals surface area (Å²) in [5.41, 5.74) is 1.91. The molecule has 0 atom stereocenters. The zero-order valence-electron chi connectivity index (χ0n) is 17.0. The molecule has 30 heavy (non-hydrogen) atoms. The van der Waals surface area contributed by atoms with Gasteiger partial charge in [-0.05, 0) is 43.3 Å². The van der Waals surface area contributed by atoms with Gasteiger partial charge in [0.05, 0.1) is 12.9 Å². The maximum Gasteiger partial charge on any atom is 0.234 e. The summed E-state index contributed by atoms with van der Waals surface area (Å²) in [7, 11) is 1.62. The Balaban J connectivity index is 1.59. The van der Waals surface area contributed by atoms with Gasteiger partial charge < -0.3 is 14.8 Å². The van der Waals surface area contributed by atoms with E-state index in [4.69, 9.17) is 9.47 Å². The molecule has 1 amide bonds. The second kappa shape index (κ2) is 10.5. The van der Waals surface area contributed by atoms with Crippen LogP contribution in [0.25, 0.3) is 0 Å². The van der Waals surface area contributed by atoms with Crippen molar-refractivity contribution in [1.29, 1.82) is 0 Å². The molecule has 3 rings (SSSR count). The predicted molar refractivity (Wildman–Crippen MR) is 118 cm³/mol. The minimum atomic E-state index is -0.104. The van der Waals surface area contributed by atoms with E-state index in [0.717, 1.165) is 17.0 Å². The van der Waals surface area contributed by atoms with E-state index in [1.54, 1.807) is 13.2 Å². The highest BCUT2D eigenvalue weighted by Crippen LogP contribution is 2.21.